The number of amides is 2. The van der Waals surface area contributed by atoms with Gasteiger partial charge in [-0.25, -0.2) is 9.69 Å². The van der Waals surface area contributed by atoms with Gasteiger partial charge < -0.3 is 4.74 Å². The molecule has 2 heterocycles. The standard InChI is InChI=1S/C17H22N2O3/c1-2-13-6-7-14(18-12-13)8-11-19-15(20)17(22-16(19)21)9-4-3-5-10-17/h6-7,12H,2-5,8-11H2,1H3. The largest absolute Gasteiger partial charge is 0.432 e. The highest BCUT2D eigenvalue weighted by Crippen LogP contribution is 2.37. The Balaban J connectivity index is 1.64. The molecule has 1 aliphatic heterocycles. The summed E-state index contributed by atoms with van der Waals surface area (Å²) in [4.78, 5) is 30.3. The highest BCUT2D eigenvalue weighted by molar-refractivity contribution is 6.02. The molecule has 0 atom stereocenters. The van der Waals surface area contributed by atoms with Crippen LogP contribution in [0.15, 0.2) is 18.3 Å². The zero-order chi connectivity index (χ0) is 15.6. The van der Waals surface area contributed by atoms with E-state index in [1.54, 1.807) is 0 Å². The normalized spacial score (nSPS) is 20.5. The van der Waals surface area contributed by atoms with Crippen LogP contribution in [0, 0.1) is 0 Å². The van der Waals surface area contributed by atoms with Gasteiger partial charge in [0.2, 0.25) is 0 Å². The molecule has 2 aliphatic rings. The topological polar surface area (TPSA) is 59.5 Å². The van der Waals surface area contributed by atoms with Crippen LogP contribution in [-0.2, 0) is 22.4 Å². The molecule has 5 nitrogen and oxygen atoms in total. The van der Waals surface area contributed by atoms with Gasteiger partial charge in [-0.2, -0.15) is 0 Å². The van der Waals surface area contributed by atoms with E-state index >= 15 is 0 Å². The maximum atomic E-state index is 12.6. The molecule has 2 amide bonds. The molecule has 1 aromatic heterocycles. The van der Waals surface area contributed by atoms with Crippen LogP contribution in [0.4, 0.5) is 4.79 Å². The van der Waals surface area contributed by atoms with Crippen molar-refractivity contribution in [3.05, 3.63) is 29.6 Å². The van der Waals surface area contributed by atoms with E-state index in [2.05, 4.69) is 11.9 Å². The monoisotopic (exact) mass is 302 g/mol. The van der Waals surface area contributed by atoms with Crippen LogP contribution in [-0.4, -0.2) is 34.0 Å². The third-order valence-electron chi connectivity index (χ3n) is 4.69. The van der Waals surface area contributed by atoms with Crippen LogP contribution in [0.2, 0.25) is 0 Å². The maximum Gasteiger partial charge on any atom is 0.417 e. The van der Waals surface area contributed by atoms with Gasteiger partial charge in [0.1, 0.15) is 0 Å². The van der Waals surface area contributed by atoms with Gasteiger partial charge in [0.25, 0.3) is 5.91 Å². The summed E-state index contributed by atoms with van der Waals surface area (Å²) >= 11 is 0. The summed E-state index contributed by atoms with van der Waals surface area (Å²) in [6.07, 6.45) is 7.22. The molecule has 0 aromatic carbocycles. The molecule has 1 saturated heterocycles. The summed E-state index contributed by atoms with van der Waals surface area (Å²) in [6.45, 7) is 2.43. The van der Waals surface area contributed by atoms with Crippen LogP contribution >= 0.6 is 0 Å². The molecule has 1 aliphatic carbocycles. The molecule has 5 heteroatoms. The molecule has 1 saturated carbocycles. The number of hydrogen-bond donors (Lipinski definition) is 0. The Morgan fingerprint density at radius 3 is 2.64 bits per heavy atom. The van der Waals surface area contributed by atoms with Crippen LogP contribution in [0.5, 0.6) is 0 Å². The maximum absolute atomic E-state index is 12.6. The van der Waals surface area contributed by atoms with Gasteiger partial charge >= 0.3 is 6.09 Å². The van der Waals surface area contributed by atoms with Crippen LogP contribution in [0.1, 0.15) is 50.3 Å². The summed E-state index contributed by atoms with van der Waals surface area (Å²) in [5, 5.41) is 0. The number of ether oxygens (including phenoxy) is 1. The van der Waals surface area contributed by atoms with E-state index in [1.807, 2.05) is 18.3 Å². The lowest BCUT2D eigenvalue weighted by Crippen LogP contribution is -2.43. The fraction of sp³-hybridized carbons (Fsp3) is 0.588. The third-order valence-corrected chi connectivity index (χ3v) is 4.69. The fourth-order valence-corrected chi connectivity index (χ4v) is 3.26. The molecule has 3 rings (SSSR count). The Kier molecular flexibility index (Phi) is 4.14. The predicted molar refractivity (Wildman–Crippen MR) is 81.3 cm³/mol. The van der Waals surface area contributed by atoms with Crippen molar-refractivity contribution in [1.29, 1.82) is 0 Å². The minimum atomic E-state index is -0.866. The molecule has 0 radical (unpaired) electrons. The van der Waals surface area contributed by atoms with Gasteiger partial charge in [-0.05, 0) is 43.7 Å². The number of pyridine rings is 1. The summed E-state index contributed by atoms with van der Waals surface area (Å²) in [5.74, 6) is -0.151. The molecular weight excluding hydrogens is 280 g/mol. The smallest absolute Gasteiger partial charge is 0.417 e. The number of carbonyl (C=O) groups is 2. The Hall–Kier alpha value is -1.91. The SMILES string of the molecule is CCc1ccc(CCN2C(=O)OC3(CCCCC3)C2=O)nc1. The van der Waals surface area contributed by atoms with E-state index in [9.17, 15) is 9.59 Å². The van der Waals surface area contributed by atoms with Crippen LogP contribution in [0.25, 0.3) is 0 Å². The van der Waals surface area contributed by atoms with Crippen molar-refractivity contribution in [2.45, 2.75) is 57.5 Å². The quantitative estimate of drug-likeness (QED) is 0.858. The highest BCUT2D eigenvalue weighted by atomic mass is 16.6. The predicted octanol–water partition coefficient (Wildman–Crippen LogP) is 2.87. The minimum absolute atomic E-state index is 0.151. The lowest BCUT2D eigenvalue weighted by atomic mass is 9.84. The van der Waals surface area contributed by atoms with Crippen molar-refractivity contribution in [2.24, 2.45) is 0 Å². The van der Waals surface area contributed by atoms with Crippen molar-refractivity contribution < 1.29 is 14.3 Å². The number of aryl methyl sites for hydroxylation is 1. The molecule has 22 heavy (non-hydrogen) atoms. The number of rotatable bonds is 4. The first kappa shape index (κ1) is 15.0. The lowest BCUT2D eigenvalue weighted by Gasteiger charge is -2.28. The number of aromatic nitrogens is 1. The second-order valence-electron chi connectivity index (χ2n) is 6.14. The molecular formula is C17H22N2O3. The van der Waals surface area contributed by atoms with Crippen LogP contribution < -0.4 is 0 Å². The molecule has 0 unspecified atom stereocenters. The van der Waals surface area contributed by atoms with E-state index in [0.29, 0.717) is 25.8 Å². The molecule has 1 aromatic rings. The Morgan fingerprint density at radius 2 is 2.00 bits per heavy atom. The number of hydrogen-bond acceptors (Lipinski definition) is 4. The van der Waals surface area contributed by atoms with Crippen molar-refractivity contribution in [1.82, 2.24) is 9.88 Å². The third kappa shape index (κ3) is 2.72. The number of imide groups is 1. The van der Waals surface area contributed by atoms with Gasteiger partial charge in [0.15, 0.2) is 5.60 Å². The Morgan fingerprint density at radius 1 is 1.23 bits per heavy atom. The van der Waals surface area contributed by atoms with Crippen LogP contribution in [0.3, 0.4) is 0 Å². The number of carbonyl (C=O) groups excluding carboxylic acids is 2. The summed E-state index contributed by atoms with van der Waals surface area (Å²) in [7, 11) is 0. The second kappa shape index (κ2) is 6.07. The van der Waals surface area contributed by atoms with E-state index < -0.39 is 11.7 Å². The summed E-state index contributed by atoms with van der Waals surface area (Å²) < 4.78 is 5.46. The Bertz CT molecular complexity index is 562. The second-order valence-corrected chi connectivity index (χ2v) is 6.14. The first-order valence-electron chi connectivity index (χ1n) is 8.13. The minimum Gasteiger partial charge on any atom is -0.432 e. The fourth-order valence-electron chi connectivity index (χ4n) is 3.26. The van der Waals surface area contributed by atoms with Crippen molar-refractivity contribution in [2.75, 3.05) is 6.54 Å². The molecule has 0 N–H and O–H groups in total. The van der Waals surface area contributed by atoms with Gasteiger partial charge in [0.05, 0.1) is 0 Å². The summed E-state index contributed by atoms with van der Waals surface area (Å²) in [5.41, 5.74) is 1.21. The molecule has 118 valence electrons. The Labute approximate surface area is 130 Å². The van der Waals surface area contributed by atoms with Gasteiger partial charge in [0, 0.05) is 24.9 Å². The van der Waals surface area contributed by atoms with E-state index in [4.69, 9.17) is 4.74 Å². The van der Waals surface area contributed by atoms with Gasteiger partial charge in [-0.15, -0.1) is 0 Å². The highest BCUT2D eigenvalue weighted by Gasteiger charge is 2.53. The van der Waals surface area contributed by atoms with Crippen molar-refractivity contribution >= 4 is 12.0 Å². The average molecular weight is 302 g/mol. The average Bonchev–Trinajstić information content (AvgIpc) is 2.77. The first-order chi connectivity index (χ1) is 10.6. The van der Waals surface area contributed by atoms with Gasteiger partial charge in [-0.3, -0.25) is 9.78 Å². The molecule has 1 spiro atoms. The first-order valence-corrected chi connectivity index (χ1v) is 8.13. The summed E-state index contributed by atoms with van der Waals surface area (Å²) in [6, 6.07) is 4.00. The lowest BCUT2D eigenvalue weighted by molar-refractivity contribution is -0.139. The zero-order valence-electron chi connectivity index (χ0n) is 13.0. The number of nitrogens with zero attached hydrogens (tertiary/aromatic N) is 2. The molecule has 2 fully saturated rings. The zero-order valence-corrected chi connectivity index (χ0v) is 13.0. The van der Waals surface area contributed by atoms with Gasteiger partial charge in [-0.1, -0.05) is 19.4 Å². The van der Waals surface area contributed by atoms with E-state index in [-0.39, 0.29) is 5.91 Å². The molecule has 0 bridgehead atoms. The van der Waals surface area contributed by atoms with E-state index in [0.717, 1.165) is 31.4 Å². The van der Waals surface area contributed by atoms with Crippen molar-refractivity contribution in [3.8, 4) is 0 Å². The van der Waals surface area contributed by atoms with Crippen molar-refractivity contribution in [3.63, 3.8) is 0 Å². The van der Waals surface area contributed by atoms with E-state index in [1.165, 1.54) is 10.5 Å².